The van der Waals surface area contributed by atoms with E-state index in [1.54, 1.807) is 0 Å². The van der Waals surface area contributed by atoms with E-state index in [-0.39, 0.29) is 5.91 Å². The Kier molecular flexibility index (Phi) is 5.09. The maximum Gasteiger partial charge on any atom is 0.289 e. The minimum atomic E-state index is -0.316. The van der Waals surface area contributed by atoms with Crippen LogP contribution in [0.3, 0.4) is 0 Å². The number of aromatic amines is 1. The average Bonchev–Trinajstić information content (AvgIpc) is 3.02. The number of hydrazone groups is 1. The molecule has 2 N–H and O–H groups in total. The molecule has 25 heavy (non-hydrogen) atoms. The van der Waals surface area contributed by atoms with Crippen LogP contribution in [-0.4, -0.2) is 21.8 Å². The third kappa shape index (κ3) is 3.85. The number of amides is 1. The molecule has 2 aromatic carbocycles. The minimum Gasteiger partial charge on any atom is -0.272 e. The van der Waals surface area contributed by atoms with Crippen LogP contribution in [0, 0.1) is 6.92 Å². The summed E-state index contributed by atoms with van der Waals surface area (Å²) in [6.07, 6.45) is 0. The van der Waals surface area contributed by atoms with Gasteiger partial charge in [0.1, 0.15) is 5.69 Å². The Labute approximate surface area is 154 Å². The topological polar surface area (TPSA) is 70.1 Å². The molecule has 3 rings (SSSR count). The van der Waals surface area contributed by atoms with Gasteiger partial charge in [-0.05, 0) is 31.5 Å². The highest BCUT2D eigenvalue weighted by Crippen LogP contribution is 2.22. The third-order valence-corrected chi connectivity index (χ3v) is 4.40. The highest BCUT2D eigenvalue weighted by molar-refractivity contribution is 9.10. The number of halogens is 1. The molecule has 0 bridgehead atoms. The molecule has 3 aromatic rings. The molecule has 0 saturated carbocycles. The van der Waals surface area contributed by atoms with Crippen LogP contribution in [0.2, 0.25) is 0 Å². The van der Waals surface area contributed by atoms with Crippen LogP contribution >= 0.6 is 15.9 Å². The first-order valence-corrected chi connectivity index (χ1v) is 8.56. The van der Waals surface area contributed by atoms with Crippen LogP contribution in [0.1, 0.15) is 28.5 Å². The molecule has 0 saturated heterocycles. The molecule has 0 fully saturated rings. The Hall–Kier alpha value is -2.73. The molecule has 0 radical (unpaired) electrons. The maximum atomic E-state index is 12.4. The molecule has 0 aliphatic carbocycles. The second kappa shape index (κ2) is 7.44. The molecule has 0 aliphatic rings. The molecular weight excluding hydrogens is 380 g/mol. The van der Waals surface area contributed by atoms with E-state index in [2.05, 4.69) is 36.7 Å². The van der Waals surface area contributed by atoms with Gasteiger partial charge in [-0.2, -0.15) is 10.2 Å². The molecule has 1 amide bonds. The fourth-order valence-corrected chi connectivity index (χ4v) is 2.71. The molecule has 0 unspecified atom stereocenters. The van der Waals surface area contributed by atoms with Crippen LogP contribution < -0.4 is 5.43 Å². The number of nitrogens with zero attached hydrogens (tertiary/aromatic N) is 2. The predicted octanol–water partition coefficient (Wildman–Crippen LogP) is 4.30. The lowest BCUT2D eigenvalue weighted by Crippen LogP contribution is -2.20. The molecule has 0 aliphatic heterocycles. The number of rotatable bonds is 4. The molecular formula is C19H17BrN4O. The molecule has 5 nitrogen and oxygen atoms in total. The van der Waals surface area contributed by atoms with E-state index in [0.29, 0.717) is 5.69 Å². The summed E-state index contributed by atoms with van der Waals surface area (Å²) in [5.74, 6) is -0.316. The number of aromatic nitrogens is 2. The van der Waals surface area contributed by atoms with Crippen LogP contribution in [0.5, 0.6) is 0 Å². The number of carbonyl (C=O) groups is 1. The number of H-pyrrole nitrogens is 1. The zero-order chi connectivity index (χ0) is 17.8. The number of benzene rings is 2. The maximum absolute atomic E-state index is 12.4. The second-order valence-corrected chi connectivity index (χ2v) is 6.50. The molecule has 0 atom stereocenters. The first kappa shape index (κ1) is 17.1. The standard InChI is InChI=1S/C19H17BrN4O/c1-12-17(15-6-4-3-5-7-15)22-23-18(12)19(25)24-21-13(2)14-8-10-16(20)11-9-14/h3-11H,1-2H3,(H,22,23)(H,24,25)/b21-13+. The van der Waals surface area contributed by atoms with Gasteiger partial charge in [0.25, 0.3) is 5.91 Å². The lowest BCUT2D eigenvalue weighted by Gasteiger charge is -2.03. The van der Waals surface area contributed by atoms with Gasteiger partial charge in [0, 0.05) is 15.6 Å². The Morgan fingerprint density at radius 2 is 1.80 bits per heavy atom. The van der Waals surface area contributed by atoms with Gasteiger partial charge in [0.2, 0.25) is 0 Å². The Morgan fingerprint density at radius 3 is 2.48 bits per heavy atom. The summed E-state index contributed by atoms with van der Waals surface area (Å²) in [6, 6.07) is 17.5. The average molecular weight is 397 g/mol. The van der Waals surface area contributed by atoms with E-state index in [1.807, 2.05) is 68.4 Å². The van der Waals surface area contributed by atoms with E-state index in [9.17, 15) is 4.79 Å². The van der Waals surface area contributed by atoms with Crippen molar-refractivity contribution in [2.45, 2.75) is 13.8 Å². The molecule has 0 spiro atoms. The van der Waals surface area contributed by atoms with Gasteiger partial charge >= 0.3 is 0 Å². The van der Waals surface area contributed by atoms with Gasteiger partial charge in [0.15, 0.2) is 0 Å². The number of hydrogen-bond donors (Lipinski definition) is 2. The summed E-state index contributed by atoms with van der Waals surface area (Å²) >= 11 is 3.40. The first-order valence-electron chi connectivity index (χ1n) is 7.77. The molecule has 1 heterocycles. The Balaban J connectivity index is 1.77. The largest absolute Gasteiger partial charge is 0.289 e. The summed E-state index contributed by atoms with van der Waals surface area (Å²) in [7, 11) is 0. The van der Waals surface area contributed by atoms with Gasteiger partial charge in [-0.15, -0.1) is 0 Å². The fraction of sp³-hybridized carbons (Fsp3) is 0.105. The lowest BCUT2D eigenvalue weighted by molar-refractivity contribution is 0.0949. The predicted molar refractivity (Wildman–Crippen MR) is 103 cm³/mol. The monoisotopic (exact) mass is 396 g/mol. The van der Waals surface area contributed by atoms with Crippen LogP contribution in [0.25, 0.3) is 11.3 Å². The minimum absolute atomic E-state index is 0.316. The number of hydrogen-bond acceptors (Lipinski definition) is 3. The zero-order valence-electron chi connectivity index (χ0n) is 13.9. The van der Waals surface area contributed by atoms with Crippen molar-refractivity contribution in [1.29, 1.82) is 0 Å². The molecule has 1 aromatic heterocycles. The molecule has 126 valence electrons. The summed E-state index contributed by atoms with van der Waals surface area (Å²) in [5, 5.41) is 11.2. The van der Waals surface area contributed by atoms with Crippen LogP contribution in [0.4, 0.5) is 0 Å². The summed E-state index contributed by atoms with van der Waals surface area (Å²) in [6.45, 7) is 3.71. The number of carbonyl (C=O) groups excluding carboxylic acids is 1. The van der Waals surface area contributed by atoms with Crippen molar-refractivity contribution in [1.82, 2.24) is 15.6 Å². The molecule has 6 heteroatoms. The van der Waals surface area contributed by atoms with Gasteiger partial charge in [0.05, 0.1) is 11.4 Å². The van der Waals surface area contributed by atoms with Crippen molar-refractivity contribution < 1.29 is 4.79 Å². The lowest BCUT2D eigenvalue weighted by atomic mass is 10.1. The van der Waals surface area contributed by atoms with Crippen LogP contribution in [0.15, 0.2) is 64.2 Å². The highest BCUT2D eigenvalue weighted by Gasteiger charge is 2.16. The first-order chi connectivity index (χ1) is 12.1. The summed E-state index contributed by atoms with van der Waals surface area (Å²) < 4.78 is 0.995. The van der Waals surface area contributed by atoms with E-state index < -0.39 is 0 Å². The van der Waals surface area contributed by atoms with Gasteiger partial charge in [-0.1, -0.05) is 58.4 Å². The van der Waals surface area contributed by atoms with E-state index >= 15 is 0 Å². The zero-order valence-corrected chi connectivity index (χ0v) is 15.5. The normalized spacial score (nSPS) is 11.4. The fourth-order valence-electron chi connectivity index (χ4n) is 2.44. The number of nitrogens with one attached hydrogen (secondary N) is 2. The SMILES string of the molecule is C/C(=N\NC(=O)c1[nH]nc(-c2ccccc2)c1C)c1ccc(Br)cc1. The van der Waals surface area contributed by atoms with Crippen molar-refractivity contribution >= 4 is 27.5 Å². The van der Waals surface area contributed by atoms with E-state index in [1.165, 1.54) is 0 Å². The van der Waals surface area contributed by atoms with Crippen molar-refractivity contribution in [3.8, 4) is 11.3 Å². The van der Waals surface area contributed by atoms with E-state index in [4.69, 9.17) is 0 Å². The quantitative estimate of drug-likeness (QED) is 0.509. The Morgan fingerprint density at radius 1 is 1.12 bits per heavy atom. The summed E-state index contributed by atoms with van der Waals surface area (Å²) in [4.78, 5) is 12.4. The summed E-state index contributed by atoms with van der Waals surface area (Å²) in [5.41, 5.74) is 7.17. The van der Waals surface area contributed by atoms with Crippen molar-refractivity contribution in [3.05, 3.63) is 75.9 Å². The third-order valence-electron chi connectivity index (χ3n) is 3.87. The van der Waals surface area contributed by atoms with Gasteiger partial charge in [-0.25, -0.2) is 5.43 Å². The van der Waals surface area contributed by atoms with Crippen molar-refractivity contribution in [2.24, 2.45) is 5.10 Å². The highest BCUT2D eigenvalue weighted by atomic mass is 79.9. The van der Waals surface area contributed by atoms with Gasteiger partial charge in [-0.3, -0.25) is 9.89 Å². The van der Waals surface area contributed by atoms with Crippen LogP contribution in [-0.2, 0) is 0 Å². The van der Waals surface area contributed by atoms with Crippen molar-refractivity contribution in [3.63, 3.8) is 0 Å². The van der Waals surface area contributed by atoms with Gasteiger partial charge < -0.3 is 0 Å². The Bertz CT molecular complexity index is 914. The smallest absolute Gasteiger partial charge is 0.272 e. The second-order valence-electron chi connectivity index (χ2n) is 5.58. The van der Waals surface area contributed by atoms with E-state index in [0.717, 1.165) is 32.6 Å². The van der Waals surface area contributed by atoms with Crippen molar-refractivity contribution in [2.75, 3.05) is 0 Å².